The summed E-state index contributed by atoms with van der Waals surface area (Å²) in [6.45, 7) is 4.65. The van der Waals surface area contributed by atoms with Gasteiger partial charge in [0.2, 0.25) is 0 Å². The van der Waals surface area contributed by atoms with Gasteiger partial charge in [-0.1, -0.05) is 6.92 Å². The van der Waals surface area contributed by atoms with Crippen LogP contribution < -0.4 is 0 Å². The van der Waals surface area contributed by atoms with Gasteiger partial charge in [-0.05, 0) is 6.42 Å². The highest BCUT2D eigenvalue weighted by Gasteiger charge is 2.29. The summed E-state index contributed by atoms with van der Waals surface area (Å²) in [7, 11) is -3.32. The Labute approximate surface area is 102 Å². The first-order valence-electron chi connectivity index (χ1n) is 5.52. The molecular weight excluding hydrogens is 252 g/mol. The minimum Gasteiger partial charge on any atom is -0.379 e. The Bertz CT molecular complexity index is 291. The number of rotatable bonds is 6. The van der Waals surface area contributed by atoms with Crippen LogP contribution in [0.1, 0.15) is 13.3 Å². The molecule has 0 bridgehead atoms. The normalized spacial score (nSPS) is 19.2. The summed E-state index contributed by atoms with van der Waals surface area (Å²) in [4.78, 5) is 0. The fourth-order valence-corrected chi connectivity index (χ4v) is 3.36. The van der Waals surface area contributed by atoms with E-state index >= 15 is 0 Å². The standard InChI is InChI=1S/C9H19ClN2O3S/c1-2-11(5-3-4-10)16(13,14)12-6-8-15-9-7-12/h2-9H2,1H3. The molecule has 1 heterocycles. The molecule has 96 valence electrons. The fourth-order valence-electron chi connectivity index (χ4n) is 1.61. The monoisotopic (exact) mass is 270 g/mol. The lowest BCUT2D eigenvalue weighted by Crippen LogP contribution is -2.48. The van der Waals surface area contributed by atoms with Crippen molar-refractivity contribution in [3.8, 4) is 0 Å². The Kier molecular flexibility index (Phi) is 5.99. The summed E-state index contributed by atoms with van der Waals surface area (Å²) in [6, 6.07) is 0. The van der Waals surface area contributed by atoms with Crippen LogP contribution in [0.5, 0.6) is 0 Å². The lowest BCUT2D eigenvalue weighted by atomic mass is 10.5. The van der Waals surface area contributed by atoms with Gasteiger partial charge in [0, 0.05) is 32.1 Å². The number of hydrogen-bond donors (Lipinski definition) is 0. The van der Waals surface area contributed by atoms with Gasteiger partial charge < -0.3 is 4.74 Å². The Morgan fingerprint density at radius 2 is 2.00 bits per heavy atom. The second-order valence-electron chi connectivity index (χ2n) is 3.55. The molecule has 0 aliphatic carbocycles. The van der Waals surface area contributed by atoms with E-state index in [9.17, 15) is 8.42 Å². The first kappa shape index (κ1) is 14.2. The molecule has 7 heteroatoms. The van der Waals surface area contributed by atoms with Crippen molar-refractivity contribution in [3.63, 3.8) is 0 Å². The molecule has 5 nitrogen and oxygen atoms in total. The summed E-state index contributed by atoms with van der Waals surface area (Å²) >= 11 is 5.58. The maximum Gasteiger partial charge on any atom is 0.282 e. The van der Waals surface area contributed by atoms with E-state index in [1.165, 1.54) is 8.61 Å². The molecule has 0 saturated carbocycles. The maximum atomic E-state index is 12.2. The average Bonchev–Trinajstić information content (AvgIpc) is 2.31. The van der Waals surface area contributed by atoms with E-state index in [0.29, 0.717) is 51.7 Å². The van der Waals surface area contributed by atoms with Crippen LogP contribution in [0.4, 0.5) is 0 Å². The van der Waals surface area contributed by atoms with Crippen LogP contribution in [0.25, 0.3) is 0 Å². The first-order chi connectivity index (χ1) is 7.62. The van der Waals surface area contributed by atoms with Gasteiger partial charge in [-0.2, -0.15) is 17.0 Å². The zero-order valence-electron chi connectivity index (χ0n) is 9.56. The summed E-state index contributed by atoms with van der Waals surface area (Å²) in [5.74, 6) is 0.481. The van der Waals surface area contributed by atoms with E-state index in [-0.39, 0.29) is 0 Å². The van der Waals surface area contributed by atoms with Crippen LogP contribution >= 0.6 is 11.6 Å². The molecular formula is C9H19ClN2O3S. The van der Waals surface area contributed by atoms with Crippen molar-refractivity contribution in [2.75, 3.05) is 45.3 Å². The van der Waals surface area contributed by atoms with E-state index < -0.39 is 10.2 Å². The van der Waals surface area contributed by atoms with Gasteiger partial charge in [0.1, 0.15) is 0 Å². The molecule has 0 radical (unpaired) electrons. The molecule has 0 N–H and O–H groups in total. The largest absolute Gasteiger partial charge is 0.379 e. The van der Waals surface area contributed by atoms with Crippen LogP contribution in [0.3, 0.4) is 0 Å². The van der Waals surface area contributed by atoms with Crippen molar-refractivity contribution in [2.45, 2.75) is 13.3 Å². The molecule has 0 aromatic carbocycles. The lowest BCUT2D eigenvalue weighted by molar-refractivity contribution is 0.0702. The fraction of sp³-hybridized carbons (Fsp3) is 1.00. The highest BCUT2D eigenvalue weighted by atomic mass is 35.5. The van der Waals surface area contributed by atoms with Crippen LogP contribution in [0, 0.1) is 0 Å². The van der Waals surface area contributed by atoms with Crippen LogP contribution in [-0.4, -0.2) is 62.3 Å². The number of alkyl halides is 1. The smallest absolute Gasteiger partial charge is 0.282 e. The minimum absolute atomic E-state index is 0.444. The quantitative estimate of drug-likeness (QED) is 0.661. The number of morpholine rings is 1. The molecule has 1 aliphatic heterocycles. The third-order valence-electron chi connectivity index (χ3n) is 2.52. The molecule has 0 spiro atoms. The first-order valence-corrected chi connectivity index (χ1v) is 7.45. The van der Waals surface area contributed by atoms with Crippen molar-refractivity contribution >= 4 is 21.8 Å². The highest BCUT2D eigenvalue weighted by Crippen LogP contribution is 2.11. The third-order valence-corrected chi connectivity index (χ3v) is 4.89. The number of nitrogens with zero attached hydrogens (tertiary/aromatic N) is 2. The van der Waals surface area contributed by atoms with Crippen LogP contribution in [0.2, 0.25) is 0 Å². The van der Waals surface area contributed by atoms with E-state index in [0.717, 1.165) is 0 Å². The summed E-state index contributed by atoms with van der Waals surface area (Å²) < 4.78 is 32.4. The third kappa shape index (κ3) is 3.56. The predicted molar refractivity (Wildman–Crippen MR) is 63.9 cm³/mol. The van der Waals surface area contributed by atoms with Gasteiger partial charge >= 0.3 is 0 Å². The minimum atomic E-state index is -3.32. The topological polar surface area (TPSA) is 49.9 Å². The Morgan fingerprint density at radius 3 is 2.50 bits per heavy atom. The van der Waals surface area contributed by atoms with Crippen molar-refractivity contribution in [1.29, 1.82) is 0 Å². The number of ether oxygens (including phenoxy) is 1. The average molecular weight is 271 g/mol. The van der Waals surface area contributed by atoms with Crippen molar-refractivity contribution in [2.24, 2.45) is 0 Å². The zero-order valence-corrected chi connectivity index (χ0v) is 11.1. The molecule has 1 saturated heterocycles. The predicted octanol–water partition coefficient (Wildman–Crippen LogP) is 0.514. The molecule has 0 amide bonds. The molecule has 0 unspecified atom stereocenters. The van der Waals surface area contributed by atoms with Gasteiger partial charge in [-0.25, -0.2) is 0 Å². The van der Waals surface area contributed by atoms with Gasteiger partial charge in [-0.3, -0.25) is 0 Å². The highest BCUT2D eigenvalue weighted by molar-refractivity contribution is 7.86. The molecule has 16 heavy (non-hydrogen) atoms. The Hall–Kier alpha value is 0.120. The Balaban J connectivity index is 2.64. The van der Waals surface area contributed by atoms with Gasteiger partial charge in [0.05, 0.1) is 13.2 Å². The molecule has 1 rings (SSSR count). The second-order valence-corrected chi connectivity index (χ2v) is 5.86. The molecule has 0 atom stereocenters. The van der Waals surface area contributed by atoms with Gasteiger partial charge in [0.15, 0.2) is 0 Å². The zero-order chi connectivity index (χ0) is 12.0. The van der Waals surface area contributed by atoms with Crippen LogP contribution in [0.15, 0.2) is 0 Å². The maximum absolute atomic E-state index is 12.2. The van der Waals surface area contributed by atoms with E-state index in [2.05, 4.69) is 0 Å². The summed E-state index contributed by atoms with van der Waals surface area (Å²) in [5, 5.41) is 0. The van der Waals surface area contributed by atoms with Crippen molar-refractivity contribution in [3.05, 3.63) is 0 Å². The SMILES string of the molecule is CCN(CCCCl)S(=O)(=O)N1CCOCC1. The second kappa shape index (κ2) is 6.76. The number of halogens is 1. The molecule has 1 fully saturated rings. The van der Waals surface area contributed by atoms with E-state index in [1.54, 1.807) is 0 Å². The molecule has 1 aliphatic rings. The van der Waals surface area contributed by atoms with Crippen molar-refractivity contribution < 1.29 is 13.2 Å². The van der Waals surface area contributed by atoms with Crippen molar-refractivity contribution in [1.82, 2.24) is 8.61 Å². The van der Waals surface area contributed by atoms with Gasteiger partial charge in [-0.15, -0.1) is 11.6 Å². The van der Waals surface area contributed by atoms with Gasteiger partial charge in [0.25, 0.3) is 10.2 Å². The van der Waals surface area contributed by atoms with E-state index in [4.69, 9.17) is 16.3 Å². The molecule has 0 aromatic rings. The lowest BCUT2D eigenvalue weighted by Gasteiger charge is -2.31. The van der Waals surface area contributed by atoms with Crippen LogP contribution in [-0.2, 0) is 14.9 Å². The summed E-state index contributed by atoms with van der Waals surface area (Å²) in [6.07, 6.45) is 0.680. The Morgan fingerprint density at radius 1 is 1.38 bits per heavy atom. The number of hydrogen-bond acceptors (Lipinski definition) is 3. The van der Waals surface area contributed by atoms with E-state index in [1.807, 2.05) is 6.92 Å². The summed E-state index contributed by atoms with van der Waals surface area (Å²) in [5.41, 5.74) is 0. The molecule has 0 aromatic heterocycles.